The molecule has 1 fully saturated rings. The van der Waals surface area contributed by atoms with Crippen molar-refractivity contribution in [2.24, 2.45) is 17.8 Å². The summed E-state index contributed by atoms with van der Waals surface area (Å²) in [7, 11) is 0. The summed E-state index contributed by atoms with van der Waals surface area (Å²) in [5.41, 5.74) is 0. The summed E-state index contributed by atoms with van der Waals surface area (Å²) in [5, 5.41) is 0. The molecule has 0 nitrogen and oxygen atoms in total. The molecule has 0 aromatic rings. The number of rotatable bonds is 5. The van der Waals surface area contributed by atoms with E-state index in [9.17, 15) is 0 Å². The molecule has 2 rings (SSSR count). The largest absolute Gasteiger partial charge is 0.103 e. The Balaban J connectivity index is 1.69. The fourth-order valence-corrected chi connectivity index (χ4v) is 3.78. The first-order valence-corrected chi connectivity index (χ1v) is 7.86. The highest BCUT2D eigenvalue weighted by molar-refractivity contribution is 5.03. The fourth-order valence-electron chi connectivity index (χ4n) is 3.78. The third-order valence-electron chi connectivity index (χ3n) is 4.98. The van der Waals surface area contributed by atoms with Gasteiger partial charge in [-0.3, -0.25) is 0 Å². The van der Waals surface area contributed by atoms with Crippen molar-refractivity contribution in [3.63, 3.8) is 0 Å². The molecule has 17 heavy (non-hydrogen) atoms. The highest BCUT2D eigenvalue weighted by Crippen LogP contribution is 2.33. The lowest BCUT2D eigenvalue weighted by Gasteiger charge is -2.23. The van der Waals surface area contributed by atoms with E-state index in [0.29, 0.717) is 0 Å². The number of hydrogen-bond acceptors (Lipinski definition) is 0. The van der Waals surface area contributed by atoms with Crippen LogP contribution in [0.4, 0.5) is 0 Å². The van der Waals surface area contributed by atoms with Crippen LogP contribution in [0.15, 0.2) is 0 Å². The Kier molecular flexibility index (Phi) is 5.43. The first kappa shape index (κ1) is 13.0. The number of hydrogen-bond donors (Lipinski definition) is 0. The Labute approximate surface area is 108 Å². The van der Waals surface area contributed by atoms with Crippen LogP contribution in [0.2, 0.25) is 0 Å². The zero-order chi connectivity index (χ0) is 11.9. The Morgan fingerprint density at radius 2 is 1.76 bits per heavy atom. The van der Waals surface area contributed by atoms with Crippen LogP contribution in [-0.2, 0) is 0 Å². The van der Waals surface area contributed by atoms with Crippen LogP contribution in [0.1, 0.15) is 77.6 Å². The second-order valence-electron chi connectivity index (χ2n) is 6.11. The molecule has 0 N–H and O–H groups in total. The molecule has 2 aliphatic carbocycles. The minimum absolute atomic E-state index is 0.897. The molecule has 96 valence electrons. The van der Waals surface area contributed by atoms with Crippen LogP contribution in [0.3, 0.4) is 0 Å². The van der Waals surface area contributed by atoms with Gasteiger partial charge in [0.1, 0.15) is 0 Å². The third-order valence-corrected chi connectivity index (χ3v) is 4.98. The van der Waals surface area contributed by atoms with Gasteiger partial charge in [-0.1, -0.05) is 58.3 Å². The molecule has 0 aliphatic heterocycles. The van der Waals surface area contributed by atoms with Gasteiger partial charge in [-0.05, 0) is 24.2 Å². The zero-order valence-electron chi connectivity index (χ0n) is 11.5. The van der Waals surface area contributed by atoms with Crippen LogP contribution >= 0.6 is 0 Å². The second-order valence-corrected chi connectivity index (χ2v) is 6.11. The average Bonchev–Trinajstić information content (AvgIpc) is 2.75. The molecule has 0 spiro atoms. The molecular weight excluding hydrogens is 204 g/mol. The van der Waals surface area contributed by atoms with E-state index in [1.165, 1.54) is 64.2 Å². The maximum atomic E-state index is 3.36. The lowest BCUT2D eigenvalue weighted by molar-refractivity contribution is 0.281. The SMILES string of the molecule is CCC1CC#CCCC1CCCC1CCCC1. The van der Waals surface area contributed by atoms with Crippen molar-refractivity contribution in [2.45, 2.75) is 77.6 Å². The summed E-state index contributed by atoms with van der Waals surface area (Å²) >= 11 is 0. The highest BCUT2D eigenvalue weighted by Gasteiger charge is 2.21. The van der Waals surface area contributed by atoms with E-state index < -0.39 is 0 Å². The first-order chi connectivity index (χ1) is 8.40. The predicted molar refractivity (Wildman–Crippen MR) is 74.7 cm³/mol. The van der Waals surface area contributed by atoms with E-state index in [1.807, 2.05) is 0 Å². The Hall–Kier alpha value is -0.440. The summed E-state index contributed by atoms with van der Waals surface area (Å²) in [6, 6.07) is 0. The van der Waals surface area contributed by atoms with Crippen molar-refractivity contribution < 1.29 is 0 Å². The van der Waals surface area contributed by atoms with Gasteiger partial charge >= 0.3 is 0 Å². The van der Waals surface area contributed by atoms with Crippen LogP contribution < -0.4 is 0 Å². The first-order valence-electron chi connectivity index (χ1n) is 7.86. The molecule has 0 aromatic heterocycles. The van der Waals surface area contributed by atoms with Gasteiger partial charge in [0.05, 0.1) is 0 Å². The lowest BCUT2D eigenvalue weighted by Crippen LogP contribution is -2.13. The van der Waals surface area contributed by atoms with Crippen LogP contribution in [-0.4, -0.2) is 0 Å². The zero-order valence-corrected chi connectivity index (χ0v) is 11.5. The van der Waals surface area contributed by atoms with Crippen molar-refractivity contribution in [3.8, 4) is 11.8 Å². The summed E-state index contributed by atoms with van der Waals surface area (Å²) < 4.78 is 0. The van der Waals surface area contributed by atoms with Gasteiger partial charge < -0.3 is 0 Å². The molecule has 2 unspecified atom stereocenters. The predicted octanol–water partition coefficient (Wildman–Crippen LogP) is 5.18. The summed E-state index contributed by atoms with van der Waals surface area (Å²) in [4.78, 5) is 0. The molecule has 2 atom stereocenters. The standard InChI is InChI=1S/C17H28/c1-2-16-12-4-3-5-13-17(16)14-8-11-15-9-6-7-10-15/h15-17H,2,5-14H2,1H3. The van der Waals surface area contributed by atoms with Gasteiger partial charge in [0.25, 0.3) is 0 Å². The molecule has 0 heteroatoms. The molecule has 0 heterocycles. The molecule has 0 bridgehead atoms. The van der Waals surface area contributed by atoms with E-state index in [-0.39, 0.29) is 0 Å². The fraction of sp³-hybridized carbons (Fsp3) is 0.882. The molecular formula is C17H28. The maximum Gasteiger partial charge on any atom is 0.0120 e. The van der Waals surface area contributed by atoms with Crippen molar-refractivity contribution >= 4 is 0 Å². The van der Waals surface area contributed by atoms with Crippen molar-refractivity contribution in [1.82, 2.24) is 0 Å². The molecule has 0 saturated heterocycles. The lowest BCUT2D eigenvalue weighted by atomic mass is 9.81. The summed E-state index contributed by atoms with van der Waals surface area (Å²) in [6.07, 6.45) is 15.5. The Bertz CT molecular complexity index is 261. The van der Waals surface area contributed by atoms with E-state index in [1.54, 1.807) is 0 Å². The van der Waals surface area contributed by atoms with Crippen LogP contribution in [0.25, 0.3) is 0 Å². The van der Waals surface area contributed by atoms with Crippen molar-refractivity contribution in [1.29, 1.82) is 0 Å². The average molecular weight is 232 g/mol. The summed E-state index contributed by atoms with van der Waals surface area (Å²) in [6.45, 7) is 2.35. The third kappa shape index (κ3) is 4.06. The Morgan fingerprint density at radius 3 is 2.53 bits per heavy atom. The van der Waals surface area contributed by atoms with Gasteiger partial charge in [-0.2, -0.15) is 0 Å². The van der Waals surface area contributed by atoms with E-state index in [0.717, 1.165) is 24.2 Å². The molecule has 1 saturated carbocycles. The molecule has 0 aromatic carbocycles. The van der Waals surface area contributed by atoms with E-state index in [2.05, 4.69) is 18.8 Å². The van der Waals surface area contributed by atoms with Gasteiger partial charge in [0, 0.05) is 12.8 Å². The van der Waals surface area contributed by atoms with Crippen LogP contribution in [0, 0.1) is 29.6 Å². The smallest absolute Gasteiger partial charge is 0.0120 e. The monoisotopic (exact) mass is 232 g/mol. The van der Waals surface area contributed by atoms with Crippen LogP contribution in [0.5, 0.6) is 0 Å². The highest BCUT2D eigenvalue weighted by atomic mass is 14.3. The molecule has 2 aliphatic rings. The van der Waals surface area contributed by atoms with Crippen molar-refractivity contribution in [2.75, 3.05) is 0 Å². The maximum absolute atomic E-state index is 3.36. The van der Waals surface area contributed by atoms with E-state index in [4.69, 9.17) is 0 Å². The normalized spacial score (nSPS) is 29.7. The van der Waals surface area contributed by atoms with E-state index >= 15 is 0 Å². The second kappa shape index (κ2) is 7.10. The minimum atomic E-state index is 0.897. The van der Waals surface area contributed by atoms with Gasteiger partial charge in [-0.25, -0.2) is 0 Å². The summed E-state index contributed by atoms with van der Waals surface area (Å²) in [5.74, 6) is 9.62. The minimum Gasteiger partial charge on any atom is -0.103 e. The molecule has 0 amide bonds. The Morgan fingerprint density at radius 1 is 0.941 bits per heavy atom. The van der Waals surface area contributed by atoms with Gasteiger partial charge in [0.2, 0.25) is 0 Å². The van der Waals surface area contributed by atoms with Gasteiger partial charge in [-0.15, -0.1) is 11.8 Å². The molecule has 0 radical (unpaired) electrons. The quantitative estimate of drug-likeness (QED) is 0.573. The van der Waals surface area contributed by atoms with Crippen molar-refractivity contribution in [3.05, 3.63) is 0 Å². The van der Waals surface area contributed by atoms with Gasteiger partial charge in [0.15, 0.2) is 0 Å². The topological polar surface area (TPSA) is 0 Å².